The fourth-order valence-corrected chi connectivity index (χ4v) is 2.98. The van der Waals surface area contributed by atoms with E-state index in [1.165, 1.54) is 11.1 Å². The van der Waals surface area contributed by atoms with Crippen LogP contribution in [0.25, 0.3) is 0 Å². The number of pyridine rings is 1. The zero-order valence-electron chi connectivity index (χ0n) is 11.6. The number of amides is 2. The Morgan fingerprint density at radius 3 is 2.86 bits per heavy atom. The summed E-state index contributed by atoms with van der Waals surface area (Å²) in [7, 11) is 0. The summed E-state index contributed by atoms with van der Waals surface area (Å²) in [5, 5.41) is 14.7. The molecule has 2 amide bonds. The molecule has 7 heteroatoms. The van der Waals surface area contributed by atoms with E-state index in [2.05, 4.69) is 5.32 Å². The standard InChI is InChI=1S/C15H13N3O3S/c19-13-9-17(12-6-2-1-5-11(12)16-13)14(20)10-22-15-7-3-4-8-18(15)21/h1-8H,9-10H2,(H,16,19). The summed E-state index contributed by atoms with van der Waals surface area (Å²) in [5.41, 5.74) is 1.30. The monoisotopic (exact) mass is 315 g/mol. The number of hydrogen-bond donors (Lipinski definition) is 1. The second-order valence-corrected chi connectivity index (χ2v) is 5.69. The first-order valence-corrected chi connectivity index (χ1v) is 7.64. The molecule has 1 N–H and O–H groups in total. The minimum atomic E-state index is -0.226. The molecule has 2 heterocycles. The number of para-hydroxylation sites is 2. The normalized spacial score (nSPS) is 13.5. The zero-order valence-corrected chi connectivity index (χ0v) is 12.4. The third-order valence-electron chi connectivity index (χ3n) is 3.20. The van der Waals surface area contributed by atoms with Crippen molar-refractivity contribution in [3.05, 3.63) is 53.9 Å². The predicted octanol–water partition coefficient (Wildman–Crippen LogP) is 1.40. The van der Waals surface area contributed by atoms with Crippen LogP contribution in [0.4, 0.5) is 11.4 Å². The highest BCUT2D eigenvalue weighted by atomic mass is 32.2. The molecule has 3 rings (SSSR count). The van der Waals surface area contributed by atoms with Crippen molar-refractivity contribution >= 4 is 35.0 Å². The summed E-state index contributed by atoms with van der Waals surface area (Å²) < 4.78 is 0.717. The topological polar surface area (TPSA) is 76.4 Å². The molecule has 1 aliphatic heterocycles. The molecule has 2 aromatic rings. The Bertz CT molecular complexity index is 735. The summed E-state index contributed by atoms with van der Waals surface area (Å²) in [5.74, 6) is -0.347. The molecule has 0 unspecified atom stereocenters. The molecule has 0 bridgehead atoms. The van der Waals surface area contributed by atoms with Gasteiger partial charge in [-0.15, -0.1) is 0 Å². The van der Waals surface area contributed by atoms with Gasteiger partial charge in [-0.2, -0.15) is 4.73 Å². The fraction of sp³-hybridized carbons (Fsp3) is 0.133. The van der Waals surface area contributed by atoms with Crippen molar-refractivity contribution in [1.82, 2.24) is 0 Å². The highest BCUT2D eigenvalue weighted by Crippen LogP contribution is 2.29. The number of thioether (sulfide) groups is 1. The SMILES string of the molecule is O=C1CN(C(=O)CSc2cccc[n+]2[O-])c2ccccc2N1. The molecule has 1 aliphatic rings. The second kappa shape index (κ2) is 6.07. The van der Waals surface area contributed by atoms with Crippen LogP contribution >= 0.6 is 11.8 Å². The van der Waals surface area contributed by atoms with Crippen LogP contribution in [-0.4, -0.2) is 24.1 Å². The number of benzene rings is 1. The van der Waals surface area contributed by atoms with Crippen LogP contribution in [0.1, 0.15) is 0 Å². The van der Waals surface area contributed by atoms with Gasteiger partial charge in [-0.1, -0.05) is 12.1 Å². The van der Waals surface area contributed by atoms with Gasteiger partial charge in [0.15, 0.2) is 6.20 Å². The van der Waals surface area contributed by atoms with Gasteiger partial charge in [-0.05, 0) is 30.0 Å². The quantitative estimate of drug-likeness (QED) is 0.528. The highest BCUT2D eigenvalue weighted by Gasteiger charge is 2.26. The van der Waals surface area contributed by atoms with Crippen LogP contribution in [0.15, 0.2) is 53.7 Å². The van der Waals surface area contributed by atoms with Crippen molar-refractivity contribution in [2.75, 3.05) is 22.5 Å². The molecule has 0 saturated heterocycles. The minimum Gasteiger partial charge on any atom is -0.618 e. The van der Waals surface area contributed by atoms with Crippen molar-refractivity contribution in [2.24, 2.45) is 0 Å². The number of carbonyl (C=O) groups is 2. The highest BCUT2D eigenvalue weighted by molar-refractivity contribution is 7.99. The van der Waals surface area contributed by atoms with Gasteiger partial charge in [0.05, 0.1) is 17.1 Å². The van der Waals surface area contributed by atoms with Crippen LogP contribution < -0.4 is 14.9 Å². The molecular formula is C15H13N3O3S. The maximum atomic E-state index is 12.4. The molecule has 6 nitrogen and oxygen atoms in total. The number of fused-ring (bicyclic) bond motifs is 1. The molecule has 0 spiro atoms. The number of anilines is 2. The molecule has 1 aromatic carbocycles. The molecule has 0 saturated carbocycles. The van der Waals surface area contributed by atoms with E-state index in [9.17, 15) is 14.8 Å². The number of hydrogen-bond acceptors (Lipinski definition) is 4. The molecule has 0 atom stereocenters. The number of nitrogens with zero attached hydrogens (tertiary/aromatic N) is 2. The van der Waals surface area contributed by atoms with E-state index in [1.54, 1.807) is 36.4 Å². The van der Waals surface area contributed by atoms with Gasteiger partial charge in [0.1, 0.15) is 6.54 Å². The Hall–Kier alpha value is -2.54. The number of nitrogens with one attached hydrogen (secondary N) is 1. The van der Waals surface area contributed by atoms with Crippen molar-refractivity contribution in [3.63, 3.8) is 0 Å². The van der Waals surface area contributed by atoms with Crippen LogP contribution in [0, 0.1) is 5.21 Å². The Morgan fingerprint density at radius 2 is 2.05 bits per heavy atom. The maximum Gasteiger partial charge on any atom is 0.251 e. The van der Waals surface area contributed by atoms with Crippen molar-refractivity contribution < 1.29 is 14.3 Å². The van der Waals surface area contributed by atoms with Crippen LogP contribution in [0.3, 0.4) is 0 Å². The summed E-state index contributed by atoms with van der Waals surface area (Å²) >= 11 is 1.15. The lowest BCUT2D eigenvalue weighted by molar-refractivity contribution is -0.645. The number of carbonyl (C=O) groups excluding carboxylic acids is 2. The van der Waals surface area contributed by atoms with E-state index >= 15 is 0 Å². The van der Waals surface area contributed by atoms with Crippen LogP contribution in [0.5, 0.6) is 0 Å². The van der Waals surface area contributed by atoms with Gasteiger partial charge in [0, 0.05) is 12.1 Å². The number of rotatable bonds is 3. The molecule has 0 aliphatic carbocycles. The molecule has 22 heavy (non-hydrogen) atoms. The fourth-order valence-electron chi connectivity index (χ4n) is 2.19. The van der Waals surface area contributed by atoms with E-state index in [1.807, 2.05) is 6.07 Å². The summed E-state index contributed by atoms with van der Waals surface area (Å²) in [6.07, 6.45) is 1.39. The van der Waals surface area contributed by atoms with E-state index in [0.29, 0.717) is 16.4 Å². The van der Waals surface area contributed by atoms with Gasteiger partial charge < -0.3 is 15.4 Å². The van der Waals surface area contributed by atoms with Gasteiger partial charge in [-0.3, -0.25) is 9.59 Å². The summed E-state index contributed by atoms with van der Waals surface area (Å²) in [4.78, 5) is 25.6. The van der Waals surface area contributed by atoms with Gasteiger partial charge >= 0.3 is 0 Å². The Morgan fingerprint density at radius 1 is 1.27 bits per heavy atom. The van der Waals surface area contributed by atoms with Crippen LogP contribution in [0.2, 0.25) is 0 Å². The van der Waals surface area contributed by atoms with Crippen LogP contribution in [-0.2, 0) is 9.59 Å². The summed E-state index contributed by atoms with van der Waals surface area (Å²) in [6, 6.07) is 12.2. The van der Waals surface area contributed by atoms with Crippen molar-refractivity contribution in [1.29, 1.82) is 0 Å². The zero-order chi connectivity index (χ0) is 15.5. The maximum absolute atomic E-state index is 12.4. The molecule has 112 valence electrons. The molecule has 1 aromatic heterocycles. The first kappa shape index (κ1) is 14.4. The lowest BCUT2D eigenvalue weighted by Crippen LogP contribution is -2.43. The molecule has 0 radical (unpaired) electrons. The van der Waals surface area contributed by atoms with E-state index in [4.69, 9.17) is 0 Å². The predicted molar refractivity (Wildman–Crippen MR) is 83.6 cm³/mol. The van der Waals surface area contributed by atoms with Gasteiger partial charge in [-0.25, -0.2) is 0 Å². The summed E-state index contributed by atoms with van der Waals surface area (Å²) in [6.45, 7) is -0.0113. The Labute approximate surface area is 131 Å². The Kier molecular flexibility index (Phi) is 3.97. The third kappa shape index (κ3) is 2.89. The molecule has 0 fully saturated rings. The van der Waals surface area contributed by atoms with Crippen molar-refractivity contribution in [3.8, 4) is 0 Å². The van der Waals surface area contributed by atoms with E-state index < -0.39 is 0 Å². The number of aromatic nitrogens is 1. The Balaban J connectivity index is 1.75. The first-order chi connectivity index (χ1) is 10.6. The minimum absolute atomic E-state index is 0.0113. The van der Waals surface area contributed by atoms with E-state index in [0.717, 1.165) is 16.5 Å². The second-order valence-electron chi connectivity index (χ2n) is 4.70. The van der Waals surface area contributed by atoms with Crippen molar-refractivity contribution in [2.45, 2.75) is 5.03 Å². The lowest BCUT2D eigenvalue weighted by atomic mass is 10.2. The smallest absolute Gasteiger partial charge is 0.251 e. The van der Waals surface area contributed by atoms with E-state index in [-0.39, 0.29) is 24.1 Å². The molecular weight excluding hydrogens is 302 g/mol. The largest absolute Gasteiger partial charge is 0.618 e. The van der Waals surface area contributed by atoms with Gasteiger partial charge in [0.2, 0.25) is 11.8 Å². The van der Waals surface area contributed by atoms with Gasteiger partial charge in [0.25, 0.3) is 5.03 Å². The average molecular weight is 315 g/mol. The first-order valence-electron chi connectivity index (χ1n) is 6.65. The lowest BCUT2D eigenvalue weighted by Gasteiger charge is -2.28. The third-order valence-corrected chi connectivity index (χ3v) is 4.21. The average Bonchev–Trinajstić information content (AvgIpc) is 2.53.